The molecular weight excluding hydrogens is 136 g/mol. The summed E-state index contributed by atoms with van der Waals surface area (Å²) in [4.78, 5) is 3.93. The molecule has 1 heterocycles. The number of fused-ring (bicyclic) bond motifs is 1. The fraction of sp³-hybridized carbons (Fsp3) is 0. The van der Waals surface area contributed by atoms with Crippen LogP contribution in [0.4, 0.5) is 0 Å². The Morgan fingerprint density at radius 2 is 2.09 bits per heavy atom. The topological polar surface area (TPSA) is 26.5 Å². The van der Waals surface area contributed by atoms with E-state index in [0.29, 0.717) is 0 Å². The minimum atomic E-state index is 0.977. The zero-order valence-corrected chi connectivity index (χ0v) is 5.94. The molecule has 2 nitrogen and oxygen atoms in total. The summed E-state index contributed by atoms with van der Waals surface area (Å²) >= 11 is 0. The van der Waals surface area contributed by atoms with Gasteiger partial charge in [0.1, 0.15) is 6.34 Å². The molecule has 0 fully saturated rings. The number of rotatable bonds is 0. The van der Waals surface area contributed by atoms with Crippen molar-refractivity contribution in [3.05, 3.63) is 47.9 Å². The molecule has 0 saturated heterocycles. The summed E-state index contributed by atoms with van der Waals surface area (Å²) in [7, 11) is 0. The third-order valence-electron chi connectivity index (χ3n) is 1.52. The number of aliphatic imine (C=N–C) groups is 1. The van der Waals surface area contributed by atoms with Gasteiger partial charge in [-0.25, -0.2) is 10.3 Å². The predicted octanol–water partition coefficient (Wildman–Crippen LogP) is 1.53. The van der Waals surface area contributed by atoms with Gasteiger partial charge in [-0.3, -0.25) is 0 Å². The SMILES string of the molecule is C1=CC=C2[N]C=NC=C2C=C1. The summed E-state index contributed by atoms with van der Waals surface area (Å²) < 4.78 is 0. The molecule has 2 heteroatoms. The quantitative estimate of drug-likeness (QED) is 0.491. The number of allylic oxidation sites excluding steroid dienone is 5. The fourth-order valence-corrected chi connectivity index (χ4v) is 0.988. The van der Waals surface area contributed by atoms with Crippen LogP contribution in [0, 0.1) is 0 Å². The van der Waals surface area contributed by atoms with Crippen molar-refractivity contribution in [2.75, 3.05) is 0 Å². The molecule has 2 aliphatic rings. The molecule has 0 bridgehead atoms. The van der Waals surface area contributed by atoms with Crippen LogP contribution in [0.1, 0.15) is 0 Å². The summed E-state index contributed by atoms with van der Waals surface area (Å²) in [5.74, 6) is 0. The smallest absolute Gasteiger partial charge is 0.116 e. The van der Waals surface area contributed by atoms with E-state index in [1.54, 1.807) is 6.34 Å². The summed E-state index contributed by atoms with van der Waals surface area (Å²) in [5.41, 5.74) is 2.04. The van der Waals surface area contributed by atoms with Gasteiger partial charge in [0.2, 0.25) is 0 Å². The van der Waals surface area contributed by atoms with Crippen molar-refractivity contribution in [3.63, 3.8) is 0 Å². The van der Waals surface area contributed by atoms with Crippen LogP contribution < -0.4 is 5.32 Å². The summed E-state index contributed by atoms with van der Waals surface area (Å²) in [5, 5.41) is 4.11. The molecule has 0 amide bonds. The largest absolute Gasteiger partial charge is 0.244 e. The Morgan fingerprint density at radius 1 is 1.09 bits per heavy atom. The molecule has 53 valence electrons. The lowest BCUT2D eigenvalue weighted by Gasteiger charge is -2.05. The normalized spacial score (nSPS) is 19.6. The minimum absolute atomic E-state index is 0.977. The molecule has 2 rings (SSSR count). The summed E-state index contributed by atoms with van der Waals surface area (Å²) in [6, 6.07) is 0. The van der Waals surface area contributed by atoms with Crippen molar-refractivity contribution in [2.45, 2.75) is 0 Å². The zero-order valence-electron chi connectivity index (χ0n) is 5.94. The van der Waals surface area contributed by atoms with Gasteiger partial charge in [-0.15, -0.1) is 0 Å². The first-order valence-corrected chi connectivity index (χ1v) is 3.45. The lowest BCUT2D eigenvalue weighted by molar-refractivity contribution is 1.12. The second kappa shape index (κ2) is 2.58. The van der Waals surface area contributed by atoms with Crippen molar-refractivity contribution >= 4 is 6.34 Å². The highest BCUT2D eigenvalue weighted by atomic mass is 15.0. The second-order valence-corrected chi connectivity index (χ2v) is 2.27. The molecule has 0 aromatic rings. The third kappa shape index (κ3) is 1.15. The van der Waals surface area contributed by atoms with Crippen LogP contribution in [-0.4, -0.2) is 6.34 Å². The first-order valence-electron chi connectivity index (χ1n) is 3.45. The van der Waals surface area contributed by atoms with E-state index >= 15 is 0 Å². The van der Waals surface area contributed by atoms with Crippen molar-refractivity contribution in [2.24, 2.45) is 4.99 Å². The zero-order chi connectivity index (χ0) is 7.52. The molecule has 0 unspecified atom stereocenters. The summed E-state index contributed by atoms with van der Waals surface area (Å²) in [6.45, 7) is 0. The molecule has 0 saturated carbocycles. The van der Waals surface area contributed by atoms with Crippen LogP contribution in [0.5, 0.6) is 0 Å². The molecule has 0 atom stereocenters. The van der Waals surface area contributed by atoms with Crippen molar-refractivity contribution in [1.82, 2.24) is 5.32 Å². The van der Waals surface area contributed by atoms with E-state index in [9.17, 15) is 0 Å². The highest BCUT2D eigenvalue weighted by Gasteiger charge is 2.04. The van der Waals surface area contributed by atoms with Gasteiger partial charge in [-0.2, -0.15) is 0 Å². The molecule has 0 aromatic carbocycles. The van der Waals surface area contributed by atoms with Crippen LogP contribution in [0.15, 0.2) is 52.8 Å². The number of hydrogen-bond acceptors (Lipinski definition) is 1. The van der Waals surface area contributed by atoms with Gasteiger partial charge in [-0.1, -0.05) is 24.3 Å². The van der Waals surface area contributed by atoms with Crippen molar-refractivity contribution in [1.29, 1.82) is 0 Å². The van der Waals surface area contributed by atoms with Gasteiger partial charge in [0.15, 0.2) is 0 Å². The standard InChI is InChI=1S/C9H7N2/c1-2-4-8-6-10-7-11-9(8)5-3-1/h1-7H. The molecule has 1 aliphatic heterocycles. The molecule has 0 N–H and O–H groups in total. The van der Waals surface area contributed by atoms with E-state index in [4.69, 9.17) is 0 Å². The first-order chi connectivity index (χ1) is 5.47. The van der Waals surface area contributed by atoms with Gasteiger partial charge in [0.25, 0.3) is 0 Å². The highest BCUT2D eigenvalue weighted by Crippen LogP contribution is 2.14. The highest BCUT2D eigenvalue weighted by molar-refractivity contribution is 5.65. The minimum Gasteiger partial charge on any atom is -0.244 e. The van der Waals surface area contributed by atoms with Crippen LogP contribution >= 0.6 is 0 Å². The number of nitrogens with zero attached hydrogens (tertiary/aromatic N) is 2. The van der Waals surface area contributed by atoms with Gasteiger partial charge >= 0.3 is 0 Å². The predicted molar refractivity (Wildman–Crippen MR) is 45.1 cm³/mol. The van der Waals surface area contributed by atoms with Gasteiger partial charge < -0.3 is 0 Å². The maximum absolute atomic E-state index is 4.11. The molecular formula is C9H7N2. The van der Waals surface area contributed by atoms with Crippen LogP contribution in [0.3, 0.4) is 0 Å². The Hall–Kier alpha value is -1.57. The Kier molecular flexibility index (Phi) is 1.44. The van der Waals surface area contributed by atoms with Gasteiger partial charge in [-0.05, 0) is 6.08 Å². The van der Waals surface area contributed by atoms with Gasteiger partial charge in [0.05, 0.1) is 5.70 Å². The fourth-order valence-electron chi connectivity index (χ4n) is 0.988. The molecule has 11 heavy (non-hydrogen) atoms. The van der Waals surface area contributed by atoms with E-state index < -0.39 is 0 Å². The Morgan fingerprint density at radius 3 is 3.09 bits per heavy atom. The van der Waals surface area contributed by atoms with Crippen LogP contribution in [0.25, 0.3) is 0 Å². The van der Waals surface area contributed by atoms with E-state index in [-0.39, 0.29) is 0 Å². The van der Waals surface area contributed by atoms with Crippen LogP contribution in [-0.2, 0) is 0 Å². The number of hydrogen-bond donors (Lipinski definition) is 0. The Bertz CT molecular complexity index is 304. The van der Waals surface area contributed by atoms with Gasteiger partial charge in [0, 0.05) is 11.8 Å². The third-order valence-corrected chi connectivity index (χ3v) is 1.52. The lowest BCUT2D eigenvalue weighted by Crippen LogP contribution is -2.06. The average molecular weight is 143 g/mol. The van der Waals surface area contributed by atoms with E-state index in [2.05, 4.69) is 10.3 Å². The van der Waals surface area contributed by atoms with E-state index in [1.807, 2.05) is 36.6 Å². The van der Waals surface area contributed by atoms with E-state index in [0.717, 1.165) is 11.3 Å². The summed E-state index contributed by atoms with van der Waals surface area (Å²) in [6.07, 6.45) is 13.2. The second-order valence-electron chi connectivity index (χ2n) is 2.27. The Labute approximate surface area is 65.3 Å². The van der Waals surface area contributed by atoms with Crippen LogP contribution in [0.2, 0.25) is 0 Å². The molecule has 1 radical (unpaired) electrons. The maximum Gasteiger partial charge on any atom is 0.116 e. The van der Waals surface area contributed by atoms with Crippen molar-refractivity contribution in [3.8, 4) is 0 Å². The average Bonchev–Trinajstić information content (AvgIpc) is 2.28. The molecule has 0 spiro atoms. The van der Waals surface area contributed by atoms with Crippen molar-refractivity contribution < 1.29 is 0 Å². The molecule has 0 aromatic heterocycles. The monoisotopic (exact) mass is 143 g/mol. The van der Waals surface area contributed by atoms with E-state index in [1.165, 1.54) is 0 Å². The Balaban J connectivity index is 2.44. The first kappa shape index (κ1) is 6.16. The lowest BCUT2D eigenvalue weighted by atomic mass is 10.2. The molecule has 1 aliphatic carbocycles. The maximum atomic E-state index is 4.11.